The van der Waals surface area contributed by atoms with E-state index >= 15 is 0 Å². The standard InChI is InChI=1S/C13H11OSe/c15-8-12-6-11-5-9-3-1-2-4-10(9)7-13(11)14-12/h1-5,7,12H,6,8H2. The van der Waals surface area contributed by atoms with Gasteiger partial charge >= 0.3 is 97.1 Å². The molecule has 0 N–H and O–H groups in total. The maximum atomic E-state index is 5.83. The van der Waals surface area contributed by atoms with Gasteiger partial charge in [0.05, 0.1) is 0 Å². The molecular formula is C13H11OSe. The molecule has 0 aromatic heterocycles. The minimum absolute atomic E-state index is 0.330. The summed E-state index contributed by atoms with van der Waals surface area (Å²) in [6.07, 6.45) is 1.37. The van der Waals surface area contributed by atoms with Crippen molar-refractivity contribution in [3.63, 3.8) is 0 Å². The first-order valence-corrected chi connectivity index (χ1v) is 6.34. The van der Waals surface area contributed by atoms with E-state index in [1.807, 2.05) is 0 Å². The first-order chi connectivity index (χ1) is 7.36. The number of hydrogen-bond acceptors (Lipinski definition) is 1. The summed E-state index contributed by atoms with van der Waals surface area (Å²) in [5.74, 6) is 1.06. The number of hydrogen-bond donors (Lipinski definition) is 0. The number of ether oxygens (including phenoxy) is 1. The Balaban J connectivity index is 2.14. The molecule has 1 atom stereocenters. The number of fused-ring (bicyclic) bond motifs is 2. The van der Waals surface area contributed by atoms with Crippen LogP contribution in [0.1, 0.15) is 5.56 Å². The van der Waals surface area contributed by atoms with Crippen LogP contribution in [0.2, 0.25) is 5.32 Å². The van der Waals surface area contributed by atoms with Gasteiger partial charge in [-0.2, -0.15) is 0 Å². The summed E-state index contributed by atoms with van der Waals surface area (Å²) >= 11 is 3.04. The molecule has 0 fully saturated rings. The second-order valence-corrected chi connectivity index (χ2v) is 4.62. The average molecular weight is 262 g/mol. The van der Waals surface area contributed by atoms with Gasteiger partial charge in [0.25, 0.3) is 0 Å². The van der Waals surface area contributed by atoms with Gasteiger partial charge < -0.3 is 0 Å². The molecule has 1 aliphatic rings. The number of rotatable bonds is 1. The van der Waals surface area contributed by atoms with Crippen LogP contribution in [-0.2, 0) is 6.42 Å². The van der Waals surface area contributed by atoms with Gasteiger partial charge in [0.1, 0.15) is 0 Å². The molecule has 0 saturated carbocycles. The fourth-order valence-corrected chi connectivity index (χ4v) is 2.49. The zero-order chi connectivity index (χ0) is 10.3. The Morgan fingerprint density at radius 3 is 2.67 bits per heavy atom. The van der Waals surface area contributed by atoms with Crippen molar-refractivity contribution < 1.29 is 4.74 Å². The van der Waals surface area contributed by atoms with E-state index in [0.717, 1.165) is 17.5 Å². The fourth-order valence-electron chi connectivity index (χ4n) is 2.10. The summed E-state index contributed by atoms with van der Waals surface area (Å²) in [6.45, 7) is 0. The van der Waals surface area contributed by atoms with E-state index in [-0.39, 0.29) is 0 Å². The zero-order valence-corrected chi connectivity index (χ0v) is 9.99. The predicted molar refractivity (Wildman–Crippen MR) is 62.6 cm³/mol. The molecule has 1 aliphatic heterocycles. The Kier molecular flexibility index (Phi) is 2.19. The van der Waals surface area contributed by atoms with Crippen molar-refractivity contribution >= 4 is 26.8 Å². The van der Waals surface area contributed by atoms with Crippen molar-refractivity contribution in [1.29, 1.82) is 0 Å². The first kappa shape index (κ1) is 9.26. The van der Waals surface area contributed by atoms with Gasteiger partial charge in [0.2, 0.25) is 0 Å². The third-order valence-electron chi connectivity index (χ3n) is 2.86. The summed E-state index contributed by atoms with van der Waals surface area (Å²) in [5, 5.41) is 3.53. The second-order valence-electron chi connectivity index (χ2n) is 3.92. The van der Waals surface area contributed by atoms with Crippen molar-refractivity contribution in [1.82, 2.24) is 0 Å². The van der Waals surface area contributed by atoms with Crippen LogP contribution >= 0.6 is 0 Å². The molecule has 0 spiro atoms. The summed E-state index contributed by atoms with van der Waals surface area (Å²) in [5.41, 5.74) is 1.34. The van der Waals surface area contributed by atoms with Gasteiger partial charge in [-0.3, -0.25) is 0 Å². The van der Waals surface area contributed by atoms with E-state index in [2.05, 4.69) is 52.4 Å². The second kappa shape index (κ2) is 3.55. The molecule has 0 bridgehead atoms. The Morgan fingerprint density at radius 2 is 1.93 bits per heavy atom. The molecule has 1 unspecified atom stereocenters. The summed E-state index contributed by atoms with van der Waals surface area (Å²) < 4.78 is 5.83. The molecular weight excluding hydrogens is 251 g/mol. The van der Waals surface area contributed by atoms with Crippen molar-refractivity contribution in [2.24, 2.45) is 0 Å². The Bertz CT molecular complexity index is 462. The van der Waals surface area contributed by atoms with E-state index < -0.39 is 0 Å². The molecule has 2 aromatic carbocycles. The zero-order valence-electron chi connectivity index (χ0n) is 8.27. The number of benzene rings is 2. The molecule has 0 amide bonds. The van der Waals surface area contributed by atoms with Crippen molar-refractivity contribution in [3.05, 3.63) is 42.0 Å². The van der Waals surface area contributed by atoms with Crippen molar-refractivity contribution in [2.45, 2.75) is 17.8 Å². The van der Waals surface area contributed by atoms with E-state index in [1.165, 1.54) is 16.3 Å². The van der Waals surface area contributed by atoms with E-state index in [4.69, 9.17) is 4.74 Å². The van der Waals surface area contributed by atoms with Gasteiger partial charge in [-0.05, 0) is 0 Å². The first-order valence-electron chi connectivity index (χ1n) is 5.13. The molecule has 2 heteroatoms. The van der Waals surface area contributed by atoms with E-state index in [9.17, 15) is 0 Å². The minimum atomic E-state index is 0.330. The third kappa shape index (κ3) is 1.54. The van der Waals surface area contributed by atoms with Crippen LogP contribution in [0.4, 0.5) is 0 Å². The monoisotopic (exact) mass is 263 g/mol. The fraction of sp³-hybridized carbons (Fsp3) is 0.231. The van der Waals surface area contributed by atoms with Crippen LogP contribution in [0, 0.1) is 0 Å². The van der Waals surface area contributed by atoms with Crippen LogP contribution in [0.25, 0.3) is 10.8 Å². The molecule has 2 aromatic rings. The molecule has 1 heterocycles. The summed E-state index contributed by atoms with van der Waals surface area (Å²) in [6, 6.07) is 12.8. The topological polar surface area (TPSA) is 9.23 Å². The third-order valence-corrected chi connectivity index (χ3v) is 3.64. The van der Waals surface area contributed by atoms with E-state index in [0.29, 0.717) is 6.10 Å². The molecule has 1 radical (unpaired) electrons. The quantitative estimate of drug-likeness (QED) is 0.718. The Hall–Kier alpha value is -0.981. The van der Waals surface area contributed by atoms with Crippen LogP contribution < -0.4 is 4.74 Å². The molecule has 0 saturated heterocycles. The molecule has 1 nitrogen and oxygen atoms in total. The van der Waals surface area contributed by atoms with Crippen molar-refractivity contribution in [3.8, 4) is 5.75 Å². The molecule has 3 rings (SSSR count). The predicted octanol–water partition coefficient (Wildman–Crippen LogP) is 2.73. The van der Waals surface area contributed by atoms with Crippen LogP contribution in [-0.4, -0.2) is 22.1 Å². The normalized spacial score (nSPS) is 18.9. The van der Waals surface area contributed by atoms with Gasteiger partial charge in [-0.25, -0.2) is 0 Å². The SMILES string of the molecule is [Se]CC1Cc2cc3ccccc3cc2O1. The van der Waals surface area contributed by atoms with Gasteiger partial charge in [0, 0.05) is 0 Å². The van der Waals surface area contributed by atoms with Gasteiger partial charge in [0.15, 0.2) is 0 Å². The van der Waals surface area contributed by atoms with Gasteiger partial charge in [-0.15, -0.1) is 0 Å². The van der Waals surface area contributed by atoms with Crippen molar-refractivity contribution in [2.75, 3.05) is 0 Å². The van der Waals surface area contributed by atoms with E-state index in [1.54, 1.807) is 0 Å². The Morgan fingerprint density at radius 1 is 1.20 bits per heavy atom. The molecule has 15 heavy (non-hydrogen) atoms. The molecule has 75 valence electrons. The Labute approximate surface area is 97.3 Å². The molecule has 0 aliphatic carbocycles. The van der Waals surface area contributed by atoms with Crippen LogP contribution in [0.5, 0.6) is 5.75 Å². The van der Waals surface area contributed by atoms with Crippen LogP contribution in [0.3, 0.4) is 0 Å². The van der Waals surface area contributed by atoms with Crippen LogP contribution in [0.15, 0.2) is 36.4 Å². The average Bonchev–Trinajstić information content (AvgIpc) is 2.67. The van der Waals surface area contributed by atoms with Gasteiger partial charge in [-0.1, -0.05) is 0 Å². The summed E-state index contributed by atoms with van der Waals surface area (Å²) in [7, 11) is 0. The summed E-state index contributed by atoms with van der Waals surface area (Å²) in [4.78, 5) is 0. The maximum absolute atomic E-state index is 5.83.